The van der Waals surface area contributed by atoms with Crippen molar-refractivity contribution in [1.29, 1.82) is 5.26 Å². The molecule has 11 nitrogen and oxygen atoms in total. The fourth-order valence-corrected chi connectivity index (χ4v) is 4.56. The summed E-state index contributed by atoms with van der Waals surface area (Å²) in [5.74, 6) is -2.23. The second kappa shape index (κ2) is 9.50. The zero-order chi connectivity index (χ0) is 26.1. The van der Waals surface area contributed by atoms with E-state index in [0.717, 1.165) is 22.5 Å². The molecule has 3 aromatic heterocycles. The zero-order valence-electron chi connectivity index (χ0n) is 20.5. The van der Waals surface area contributed by atoms with E-state index in [2.05, 4.69) is 26.6 Å². The third-order valence-electron chi connectivity index (χ3n) is 6.41. The van der Waals surface area contributed by atoms with Crippen molar-refractivity contribution in [3.8, 4) is 11.8 Å². The highest BCUT2D eigenvalue weighted by atomic mass is 16.5. The Kier molecular flexibility index (Phi) is 6.44. The SMILES string of the molecule is Cc1nn(C)c(C)c1[C@H](c1ccccc1C#N)[C@@H](C)c1nc(C(=O)Nc2cnoc2)c(O)c(=O)n1C. The fourth-order valence-electron chi connectivity index (χ4n) is 4.56. The van der Waals surface area contributed by atoms with Crippen LogP contribution < -0.4 is 10.9 Å². The molecule has 0 fully saturated rings. The predicted octanol–water partition coefficient (Wildman–Crippen LogP) is 2.88. The van der Waals surface area contributed by atoms with Gasteiger partial charge in [0.2, 0.25) is 5.75 Å². The minimum absolute atomic E-state index is 0.249. The summed E-state index contributed by atoms with van der Waals surface area (Å²) in [6.07, 6.45) is 2.49. The van der Waals surface area contributed by atoms with Gasteiger partial charge in [-0.2, -0.15) is 10.4 Å². The average Bonchev–Trinajstić information content (AvgIpc) is 3.46. The molecule has 11 heteroatoms. The van der Waals surface area contributed by atoms with Gasteiger partial charge in [0.25, 0.3) is 11.5 Å². The third kappa shape index (κ3) is 4.13. The standard InChI is InChI=1S/C25H25N7O4/c1-13(19(18-9-7-6-8-16(18)10-26)20-14(2)30-32(5)15(20)3)23-29-21(22(33)25(35)31(23)4)24(34)28-17-11-27-36-12-17/h6-9,11-13,19,33H,1-5H3,(H,28,34)/t13-,19+/m1/s1. The lowest BCUT2D eigenvalue weighted by Gasteiger charge is -2.27. The van der Waals surface area contributed by atoms with Crippen LogP contribution in [0.3, 0.4) is 0 Å². The molecule has 0 spiro atoms. The summed E-state index contributed by atoms with van der Waals surface area (Å²) in [7, 11) is 3.32. The van der Waals surface area contributed by atoms with Crippen molar-refractivity contribution in [3.05, 3.63) is 86.7 Å². The van der Waals surface area contributed by atoms with Crippen molar-refractivity contribution < 1.29 is 14.4 Å². The summed E-state index contributed by atoms with van der Waals surface area (Å²) in [6.45, 7) is 5.69. The van der Waals surface area contributed by atoms with E-state index in [1.54, 1.807) is 16.8 Å². The van der Waals surface area contributed by atoms with Crippen molar-refractivity contribution in [2.24, 2.45) is 14.1 Å². The Bertz CT molecular complexity index is 1540. The molecular formula is C25H25N7O4. The summed E-state index contributed by atoms with van der Waals surface area (Å²) in [5.41, 5.74) is 2.84. The highest BCUT2D eigenvalue weighted by Crippen LogP contribution is 2.41. The fraction of sp³-hybridized carbons (Fsp3) is 0.280. The maximum absolute atomic E-state index is 13.0. The van der Waals surface area contributed by atoms with Crippen LogP contribution >= 0.6 is 0 Å². The van der Waals surface area contributed by atoms with Gasteiger partial charge >= 0.3 is 0 Å². The largest absolute Gasteiger partial charge is 0.501 e. The Balaban J connectivity index is 1.92. The zero-order valence-corrected chi connectivity index (χ0v) is 20.5. The van der Waals surface area contributed by atoms with Gasteiger partial charge in [0.05, 0.1) is 23.5 Å². The molecule has 0 saturated carbocycles. The van der Waals surface area contributed by atoms with Gasteiger partial charge in [0, 0.05) is 37.2 Å². The molecule has 184 valence electrons. The molecule has 0 aliphatic carbocycles. The monoisotopic (exact) mass is 487 g/mol. The number of anilines is 1. The number of aromatic hydroxyl groups is 1. The number of aromatic nitrogens is 5. The summed E-state index contributed by atoms with van der Waals surface area (Å²) >= 11 is 0. The van der Waals surface area contributed by atoms with Crippen LogP contribution in [0.5, 0.6) is 5.75 Å². The maximum atomic E-state index is 13.0. The number of amides is 1. The molecule has 0 aliphatic heterocycles. The number of nitrogens with zero attached hydrogens (tertiary/aromatic N) is 6. The van der Waals surface area contributed by atoms with Crippen molar-refractivity contribution in [1.82, 2.24) is 24.5 Å². The number of carbonyl (C=O) groups excluding carboxylic acids is 1. The van der Waals surface area contributed by atoms with Crippen molar-refractivity contribution in [3.63, 3.8) is 0 Å². The number of carbonyl (C=O) groups is 1. The molecule has 0 bridgehead atoms. The minimum Gasteiger partial charge on any atom is -0.501 e. The number of rotatable bonds is 6. The van der Waals surface area contributed by atoms with E-state index in [4.69, 9.17) is 4.52 Å². The van der Waals surface area contributed by atoms with Crippen molar-refractivity contribution in [2.45, 2.75) is 32.6 Å². The summed E-state index contributed by atoms with van der Waals surface area (Å²) in [6, 6.07) is 9.48. The number of aryl methyl sites for hydroxylation is 2. The van der Waals surface area contributed by atoms with Gasteiger partial charge in [-0.1, -0.05) is 30.3 Å². The van der Waals surface area contributed by atoms with Gasteiger partial charge < -0.3 is 14.9 Å². The lowest BCUT2D eigenvalue weighted by Crippen LogP contribution is -2.29. The smallest absolute Gasteiger partial charge is 0.296 e. The molecule has 0 aliphatic rings. The number of hydrogen-bond acceptors (Lipinski definition) is 8. The second-order valence-corrected chi connectivity index (χ2v) is 8.57. The Morgan fingerprint density at radius 3 is 2.58 bits per heavy atom. The molecule has 0 saturated heterocycles. The van der Waals surface area contributed by atoms with E-state index in [1.165, 1.54) is 24.1 Å². The normalized spacial score (nSPS) is 12.7. The Labute approximate surface area is 206 Å². The molecule has 0 unspecified atom stereocenters. The van der Waals surface area contributed by atoms with Gasteiger partial charge in [-0.15, -0.1) is 0 Å². The van der Waals surface area contributed by atoms with Crippen LogP contribution in [0.15, 0.2) is 46.0 Å². The number of benzene rings is 1. The van der Waals surface area contributed by atoms with Crippen LogP contribution in [0.1, 0.15) is 63.2 Å². The Hall–Kier alpha value is -4.72. The lowest BCUT2D eigenvalue weighted by molar-refractivity contribution is 0.101. The predicted molar refractivity (Wildman–Crippen MR) is 130 cm³/mol. The molecule has 3 heterocycles. The molecule has 1 amide bonds. The van der Waals surface area contributed by atoms with Gasteiger partial charge in [-0.3, -0.25) is 18.8 Å². The van der Waals surface area contributed by atoms with E-state index in [1.807, 2.05) is 40.0 Å². The average molecular weight is 488 g/mol. The first-order chi connectivity index (χ1) is 17.1. The number of hydrogen-bond donors (Lipinski definition) is 2. The number of nitriles is 1. The summed E-state index contributed by atoms with van der Waals surface area (Å²) in [5, 5.41) is 30.9. The highest BCUT2D eigenvalue weighted by molar-refractivity contribution is 6.04. The van der Waals surface area contributed by atoms with Crippen LogP contribution in [-0.4, -0.2) is 35.5 Å². The summed E-state index contributed by atoms with van der Waals surface area (Å²) < 4.78 is 7.70. The first-order valence-corrected chi connectivity index (χ1v) is 11.1. The Morgan fingerprint density at radius 2 is 1.97 bits per heavy atom. The topological polar surface area (TPSA) is 152 Å². The van der Waals surface area contributed by atoms with E-state index in [0.29, 0.717) is 5.56 Å². The van der Waals surface area contributed by atoms with Crippen LogP contribution in [0.4, 0.5) is 5.69 Å². The maximum Gasteiger partial charge on any atom is 0.296 e. The Morgan fingerprint density at radius 1 is 1.25 bits per heavy atom. The van der Waals surface area contributed by atoms with Gasteiger partial charge in [-0.25, -0.2) is 4.98 Å². The van der Waals surface area contributed by atoms with Gasteiger partial charge in [0.1, 0.15) is 17.8 Å². The van der Waals surface area contributed by atoms with Crippen molar-refractivity contribution >= 4 is 11.6 Å². The van der Waals surface area contributed by atoms with E-state index in [-0.39, 0.29) is 11.5 Å². The third-order valence-corrected chi connectivity index (χ3v) is 6.41. The van der Waals surface area contributed by atoms with E-state index in [9.17, 15) is 20.0 Å². The van der Waals surface area contributed by atoms with E-state index >= 15 is 0 Å². The quantitative estimate of drug-likeness (QED) is 0.421. The second-order valence-electron chi connectivity index (χ2n) is 8.57. The first-order valence-electron chi connectivity index (χ1n) is 11.1. The molecule has 4 rings (SSSR count). The molecule has 2 N–H and O–H groups in total. The van der Waals surface area contributed by atoms with Crippen LogP contribution in [0.2, 0.25) is 0 Å². The highest BCUT2D eigenvalue weighted by Gasteiger charge is 2.33. The number of nitrogens with one attached hydrogen (secondary N) is 1. The van der Waals surface area contributed by atoms with Crippen LogP contribution in [-0.2, 0) is 14.1 Å². The van der Waals surface area contributed by atoms with Gasteiger partial charge in [0.15, 0.2) is 5.69 Å². The molecular weight excluding hydrogens is 462 g/mol. The molecule has 4 aromatic rings. The first kappa shape index (κ1) is 24.4. The molecule has 1 aromatic carbocycles. The van der Waals surface area contributed by atoms with Gasteiger partial charge in [-0.05, 0) is 25.5 Å². The summed E-state index contributed by atoms with van der Waals surface area (Å²) in [4.78, 5) is 30.3. The lowest BCUT2D eigenvalue weighted by atomic mass is 9.78. The minimum atomic E-state index is -0.787. The molecule has 36 heavy (non-hydrogen) atoms. The molecule has 0 radical (unpaired) electrons. The van der Waals surface area contributed by atoms with Crippen LogP contribution in [0.25, 0.3) is 0 Å². The van der Waals surface area contributed by atoms with Crippen LogP contribution in [0, 0.1) is 25.2 Å². The van der Waals surface area contributed by atoms with E-state index < -0.39 is 34.7 Å². The van der Waals surface area contributed by atoms with Crippen molar-refractivity contribution in [2.75, 3.05) is 5.32 Å². The molecule has 2 atom stereocenters.